The summed E-state index contributed by atoms with van der Waals surface area (Å²) in [7, 11) is 0. The molecule has 64 valence electrons. The first-order chi connectivity index (χ1) is 5.16. The first-order valence-electron chi connectivity index (χ1n) is 4.41. The standard InChI is InChI=1S/C9H16O2/c1-6(2)7-3-9(8(7)10)4-11-5-9/h6-8,10H,3-5H2,1-2H3. The topological polar surface area (TPSA) is 29.5 Å². The molecule has 2 fully saturated rings. The fraction of sp³-hybridized carbons (Fsp3) is 1.00. The molecule has 1 aliphatic heterocycles. The molecule has 2 nitrogen and oxygen atoms in total. The largest absolute Gasteiger partial charge is 0.392 e. The van der Waals surface area contributed by atoms with Gasteiger partial charge in [0.15, 0.2) is 0 Å². The van der Waals surface area contributed by atoms with E-state index in [0.717, 1.165) is 13.2 Å². The van der Waals surface area contributed by atoms with E-state index >= 15 is 0 Å². The van der Waals surface area contributed by atoms with Gasteiger partial charge in [0.25, 0.3) is 0 Å². The van der Waals surface area contributed by atoms with E-state index in [9.17, 15) is 5.11 Å². The molecule has 0 amide bonds. The van der Waals surface area contributed by atoms with Crippen LogP contribution in [0.25, 0.3) is 0 Å². The Kier molecular flexibility index (Phi) is 1.52. The molecule has 1 saturated heterocycles. The van der Waals surface area contributed by atoms with Crippen LogP contribution in [0.15, 0.2) is 0 Å². The predicted octanol–water partition coefficient (Wildman–Crippen LogP) is 1.04. The fourth-order valence-electron chi connectivity index (χ4n) is 2.25. The lowest BCUT2D eigenvalue weighted by Gasteiger charge is -2.58. The van der Waals surface area contributed by atoms with Gasteiger partial charge in [-0.05, 0) is 18.3 Å². The van der Waals surface area contributed by atoms with Gasteiger partial charge >= 0.3 is 0 Å². The smallest absolute Gasteiger partial charge is 0.0671 e. The van der Waals surface area contributed by atoms with Gasteiger partial charge in [0.05, 0.1) is 19.3 Å². The first-order valence-corrected chi connectivity index (χ1v) is 4.41. The third-order valence-electron chi connectivity index (χ3n) is 3.31. The Hall–Kier alpha value is -0.0800. The molecule has 0 aromatic rings. The van der Waals surface area contributed by atoms with Crippen LogP contribution >= 0.6 is 0 Å². The Morgan fingerprint density at radius 1 is 1.45 bits per heavy atom. The molecular weight excluding hydrogens is 140 g/mol. The zero-order valence-electron chi connectivity index (χ0n) is 7.21. The predicted molar refractivity (Wildman–Crippen MR) is 42.2 cm³/mol. The van der Waals surface area contributed by atoms with Gasteiger partial charge in [-0.2, -0.15) is 0 Å². The third kappa shape index (κ3) is 0.859. The van der Waals surface area contributed by atoms with Crippen molar-refractivity contribution in [3.8, 4) is 0 Å². The molecule has 1 aliphatic carbocycles. The summed E-state index contributed by atoms with van der Waals surface area (Å²) >= 11 is 0. The van der Waals surface area contributed by atoms with Crippen LogP contribution in [0.1, 0.15) is 20.3 Å². The summed E-state index contributed by atoms with van der Waals surface area (Å²) in [4.78, 5) is 0. The van der Waals surface area contributed by atoms with Crippen LogP contribution in [0.3, 0.4) is 0 Å². The number of hydrogen-bond donors (Lipinski definition) is 1. The summed E-state index contributed by atoms with van der Waals surface area (Å²) in [6, 6.07) is 0. The van der Waals surface area contributed by atoms with Gasteiger partial charge in [0.1, 0.15) is 0 Å². The highest BCUT2D eigenvalue weighted by Crippen LogP contribution is 2.53. The number of aliphatic hydroxyl groups is 1. The van der Waals surface area contributed by atoms with E-state index in [-0.39, 0.29) is 11.5 Å². The van der Waals surface area contributed by atoms with Crippen LogP contribution in [0.2, 0.25) is 0 Å². The average Bonchev–Trinajstić information content (AvgIpc) is 1.80. The van der Waals surface area contributed by atoms with Crippen molar-refractivity contribution in [2.45, 2.75) is 26.4 Å². The Morgan fingerprint density at radius 3 is 2.36 bits per heavy atom. The fourth-order valence-corrected chi connectivity index (χ4v) is 2.25. The maximum atomic E-state index is 9.77. The van der Waals surface area contributed by atoms with Gasteiger partial charge < -0.3 is 9.84 Å². The summed E-state index contributed by atoms with van der Waals surface area (Å²) < 4.78 is 5.12. The number of aliphatic hydroxyl groups excluding tert-OH is 1. The highest BCUT2D eigenvalue weighted by molar-refractivity contribution is 5.06. The van der Waals surface area contributed by atoms with Crippen molar-refractivity contribution in [2.75, 3.05) is 13.2 Å². The summed E-state index contributed by atoms with van der Waals surface area (Å²) in [5.74, 6) is 1.15. The van der Waals surface area contributed by atoms with Gasteiger partial charge in [0, 0.05) is 5.41 Å². The van der Waals surface area contributed by atoms with Crippen molar-refractivity contribution in [3.05, 3.63) is 0 Å². The molecule has 0 radical (unpaired) electrons. The molecule has 2 heteroatoms. The lowest BCUT2D eigenvalue weighted by atomic mass is 9.55. The van der Waals surface area contributed by atoms with E-state index in [0.29, 0.717) is 11.8 Å². The van der Waals surface area contributed by atoms with Gasteiger partial charge in [-0.25, -0.2) is 0 Å². The Labute approximate surface area is 67.6 Å². The lowest BCUT2D eigenvalue weighted by molar-refractivity contribution is -0.258. The molecule has 0 aromatic carbocycles. The summed E-state index contributed by atoms with van der Waals surface area (Å²) in [5.41, 5.74) is 0.189. The van der Waals surface area contributed by atoms with Crippen molar-refractivity contribution in [1.29, 1.82) is 0 Å². The van der Waals surface area contributed by atoms with Crippen molar-refractivity contribution in [3.63, 3.8) is 0 Å². The zero-order chi connectivity index (χ0) is 8.06. The van der Waals surface area contributed by atoms with Crippen LogP contribution in [0, 0.1) is 17.3 Å². The Bertz CT molecular complexity index is 161. The van der Waals surface area contributed by atoms with Gasteiger partial charge in [-0.1, -0.05) is 13.8 Å². The zero-order valence-corrected chi connectivity index (χ0v) is 7.21. The summed E-state index contributed by atoms with van der Waals surface area (Å²) in [6.07, 6.45) is 1.09. The van der Waals surface area contributed by atoms with Gasteiger partial charge in [-0.15, -0.1) is 0 Å². The van der Waals surface area contributed by atoms with Gasteiger partial charge in [0.2, 0.25) is 0 Å². The highest BCUT2D eigenvalue weighted by Gasteiger charge is 2.58. The first kappa shape index (κ1) is 7.56. The molecule has 1 spiro atoms. The van der Waals surface area contributed by atoms with Crippen LogP contribution in [-0.2, 0) is 4.74 Å². The number of rotatable bonds is 1. The van der Waals surface area contributed by atoms with Gasteiger partial charge in [-0.3, -0.25) is 0 Å². The van der Waals surface area contributed by atoms with Crippen molar-refractivity contribution >= 4 is 0 Å². The molecule has 1 N–H and O–H groups in total. The monoisotopic (exact) mass is 156 g/mol. The molecule has 1 heterocycles. The molecule has 2 rings (SSSR count). The third-order valence-corrected chi connectivity index (χ3v) is 3.31. The molecule has 2 aliphatic rings. The lowest BCUT2D eigenvalue weighted by Crippen LogP contribution is -2.64. The van der Waals surface area contributed by atoms with E-state index in [1.165, 1.54) is 6.42 Å². The normalized spacial score (nSPS) is 40.4. The molecule has 0 aromatic heterocycles. The molecule has 0 bridgehead atoms. The second-order valence-electron chi connectivity index (χ2n) is 4.41. The molecule has 2 unspecified atom stereocenters. The molecule has 2 atom stereocenters. The van der Waals surface area contributed by atoms with E-state index in [1.54, 1.807) is 0 Å². The quantitative estimate of drug-likeness (QED) is 0.614. The van der Waals surface area contributed by atoms with E-state index in [4.69, 9.17) is 4.74 Å². The van der Waals surface area contributed by atoms with E-state index in [1.807, 2.05) is 0 Å². The minimum Gasteiger partial charge on any atom is -0.392 e. The van der Waals surface area contributed by atoms with Crippen LogP contribution in [-0.4, -0.2) is 24.4 Å². The molecule has 1 saturated carbocycles. The van der Waals surface area contributed by atoms with Crippen LogP contribution < -0.4 is 0 Å². The van der Waals surface area contributed by atoms with Crippen molar-refractivity contribution in [2.24, 2.45) is 17.3 Å². The Morgan fingerprint density at radius 2 is 2.09 bits per heavy atom. The SMILES string of the molecule is CC(C)C1CC2(COC2)C1O. The molecular formula is C9H16O2. The van der Waals surface area contributed by atoms with Crippen molar-refractivity contribution in [1.82, 2.24) is 0 Å². The number of hydrogen-bond acceptors (Lipinski definition) is 2. The summed E-state index contributed by atoms with van der Waals surface area (Å²) in [5, 5.41) is 9.77. The minimum atomic E-state index is -0.0868. The second kappa shape index (κ2) is 2.20. The number of ether oxygens (including phenoxy) is 1. The average molecular weight is 156 g/mol. The molecule has 11 heavy (non-hydrogen) atoms. The maximum absolute atomic E-state index is 9.77. The summed E-state index contributed by atoms with van der Waals surface area (Å²) in [6.45, 7) is 5.94. The van der Waals surface area contributed by atoms with E-state index < -0.39 is 0 Å². The second-order valence-corrected chi connectivity index (χ2v) is 4.41. The minimum absolute atomic E-state index is 0.0868. The highest BCUT2D eigenvalue weighted by atomic mass is 16.5. The van der Waals surface area contributed by atoms with E-state index in [2.05, 4.69) is 13.8 Å². The van der Waals surface area contributed by atoms with Crippen LogP contribution in [0.4, 0.5) is 0 Å². The van der Waals surface area contributed by atoms with Crippen LogP contribution in [0.5, 0.6) is 0 Å². The van der Waals surface area contributed by atoms with Crippen molar-refractivity contribution < 1.29 is 9.84 Å². The maximum Gasteiger partial charge on any atom is 0.0671 e. The Balaban J connectivity index is 1.95.